The summed E-state index contributed by atoms with van der Waals surface area (Å²) >= 11 is 0. The summed E-state index contributed by atoms with van der Waals surface area (Å²) in [7, 11) is 1.95. The van der Waals surface area contributed by atoms with Crippen LogP contribution in [0, 0.1) is 0 Å². The highest BCUT2D eigenvalue weighted by Gasteiger charge is 1.93. The van der Waals surface area contributed by atoms with Gasteiger partial charge in [0.1, 0.15) is 0 Å². The van der Waals surface area contributed by atoms with E-state index in [4.69, 9.17) is 5.73 Å². The van der Waals surface area contributed by atoms with Crippen molar-refractivity contribution in [2.45, 2.75) is 6.42 Å². The number of hydrogen-bond donors (Lipinski definition) is 2. The molecule has 3 N–H and O–H groups in total. The molecule has 3 heteroatoms. The van der Waals surface area contributed by atoms with E-state index in [1.165, 1.54) is 11.9 Å². The Bertz CT molecular complexity index is 281. The Morgan fingerprint density at radius 3 is 3.08 bits per heavy atom. The van der Waals surface area contributed by atoms with Crippen LogP contribution in [-0.4, -0.2) is 19.9 Å². The van der Waals surface area contributed by atoms with Gasteiger partial charge in [-0.1, -0.05) is 12.1 Å². The van der Waals surface area contributed by atoms with Crippen molar-refractivity contribution in [1.29, 1.82) is 0 Å². The van der Waals surface area contributed by atoms with E-state index in [0.29, 0.717) is 0 Å². The Hall–Kier alpha value is -1.35. The predicted octanol–water partition coefficient (Wildman–Crippen LogP) is 1.07. The van der Waals surface area contributed by atoms with Crippen LogP contribution in [0.3, 0.4) is 0 Å². The van der Waals surface area contributed by atoms with Gasteiger partial charge in [0.05, 0.1) is 12.0 Å². The Labute approximate surface area is 78.7 Å². The minimum atomic E-state index is 0.913. The molecule has 0 fully saturated rings. The normalized spacial score (nSPS) is 10.8. The highest BCUT2D eigenvalue weighted by atomic mass is 14.8. The van der Waals surface area contributed by atoms with Gasteiger partial charge in [0.25, 0.3) is 0 Å². The van der Waals surface area contributed by atoms with Gasteiger partial charge in [0.2, 0.25) is 0 Å². The van der Waals surface area contributed by atoms with Crippen LogP contribution in [0.15, 0.2) is 29.3 Å². The quantitative estimate of drug-likeness (QED) is 0.534. The highest BCUT2D eigenvalue weighted by molar-refractivity contribution is 5.59. The van der Waals surface area contributed by atoms with Gasteiger partial charge in [0.15, 0.2) is 0 Å². The molecule has 0 saturated carbocycles. The SMILES string of the molecule is CNCCc1cccc(N=CN)c1. The number of hydrogen-bond acceptors (Lipinski definition) is 2. The average Bonchev–Trinajstić information content (AvgIpc) is 2.16. The van der Waals surface area contributed by atoms with E-state index < -0.39 is 0 Å². The van der Waals surface area contributed by atoms with Crippen molar-refractivity contribution in [3.63, 3.8) is 0 Å². The minimum absolute atomic E-state index is 0.913. The van der Waals surface area contributed by atoms with Gasteiger partial charge in [-0.25, -0.2) is 4.99 Å². The van der Waals surface area contributed by atoms with Crippen LogP contribution in [-0.2, 0) is 6.42 Å². The van der Waals surface area contributed by atoms with Crippen molar-refractivity contribution < 1.29 is 0 Å². The Morgan fingerprint density at radius 2 is 2.38 bits per heavy atom. The lowest BCUT2D eigenvalue weighted by atomic mass is 10.1. The number of nitrogens with two attached hydrogens (primary N) is 1. The van der Waals surface area contributed by atoms with Gasteiger partial charge in [-0.05, 0) is 37.7 Å². The summed E-state index contributed by atoms with van der Waals surface area (Å²) in [6.45, 7) is 0.982. The molecule has 0 aliphatic heterocycles. The van der Waals surface area contributed by atoms with Crippen LogP contribution < -0.4 is 11.1 Å². The molecule has 0 heterocycles. The molecule has 1 rings (SSSR count). The fraction of sp³-hybridized carbons (Fsp3) is 0.300. The van der Waals surface area contributed by atoms with Gasteiger partial charge in [-0.15, -0.1) is 0 Å². The van der Waals surface area contributed by atoms with E-state index in [2.05, 4.69) is 16.4 Å². The smallest absolute Gasteiger partial charge is 0.0860 e. The zero-order valence-corrected chi connectivity index (χ0v) is 7.83. The molecule has 0 spiro atoms. The minimum Gasteiger partial charge on any atom is -0.390 e. The molecule has 0 amide bonds. The number of rotatable bonds is 4. The zero-order valence-electron chi connectivity index (χ0n) is 7.83. The van der Waals surface area contributed by atoms with E-state index in [1.807, 2.05) is 25.2 Å². The largest absolute Gasteiger partial charge is 0.390 e. The summed E-state index contributed by atoms with van der Waals surface area (Å²) in [5.41, 5.74) is 7.40. The van der Waals surface area contributed by atoms with Gasteiger partial charge >= 0.3 is 0 Å². The molecule has 1 aromatic rings. The van der Waals surface area contributed by atoms with Crippen molar-refractivity contribution in [3.05, 3.63) is 29.8 Å². The monoisotopic (exact) mass is 177 g/mol. The second-order valence-electron chi connectivity index (χ2n) is 2.80. The molecule has 0 atom stereocenters. The Kier molecular flexibility index (Phi) is 3.99. The molecule has 70 valence electrons. The Balaban J connectivity index is 2.67. The molecule has 3 nitrogen and oxygen atoms in total. The zero-order chi connectivity index (χ0) is 9.52. The number of benzene rings is 1. The van der Waals surface area contributed by atoms with Crippen LogP contribution in [0.5, 0.6) is 0 Å². The average molecular weight is 177 g/mol. The number of nitrogens with one attached hydrogen (secondary N) is 1. The number of nitrogens with zero attached hydrogens (tertiary/aromatic N) is 1. The van der Waals surface area contributed by atoms with Crippen molar-refractivity contribution in [3.8, 4) is 0 Å². The van der Waals surface area contributed by atoms with Crippen LogP contribution in [0.1, 0.15) is 5.56 Å². The molecular formula is C10H15N3. The predicted molar refractivity (Wildman–Crippen MR) is 56.4 cm³/mol. The molecule has 0 bridgehead atoms. The van der Waals surface area contributed by atoms with Crippen LogP contribution >= 0.6 is 0 Å². The standard InChI is InChI=1S/C10H15N3/c1-12-6-5-9-3-2-4-10(7-9)13-8-11/h2-4,7-8,12H,5-6H2,1H3,(H2,11,13). The topological polar surface area (TPSA) is 50.4 Å². The summed E-state index contributed by atoms with van der Waals surface area (Å²) in [5.74, 6) is 0. The van der Waals surface area contributed by atoms with Gasteiger partial charge in [0, 0.05) is 0 Å². The first-order valence-corrected chi connectivity index (χ1v) is 4.34. The maximum atomic E-state index is 5.21. The lowest BCUT2D eigenvalue weighted by Crippen LogP contribution is -2.10. The van der Waals surface area contributed by atoms with Gasteiger partial charge < -0.3 is 11.1 Å². The maximum Gasteiger partial charge on any atom is 0.0860 e. The molecule has 13 heavy (non-hydrogen) atoms. The molecule has 0 aliphatic carbocycles. The van der Waals surface area contributed by atoms with Crippen molar-refractivity contribution in [2.24, 2.45) is 10.7 Å². The van der Waals surface area contributed by atoms with Crippen LogP contribution in [0.2, 0.25) is 0 Å². The summed E-state index contributed by atoms with van der Waals surface area (Å²) < 4.78 is 0. The summed E-state index contributed by atoms with van der Waals surface area (Å²) in [6.07, 6.45) is 2.33. The third-order valence-corrected chi connectivity index (χ3v) is 1.80. The Morgan fingerprint density at radius 1 is 1.54 bits per heavy atom. The molecular weight excluding hydrogens is 162 g/mol. The molecule has 0 saturated heterocycles. The number of likely N-dealkylation sites (N-methyl/N-ethyl adjacent to an activating group) is 1. The van der Waals surface area contributed by atoms with E-state index >= 15 is 0 Å². The van der Waals surface area contributed by atoms with E-state index in [9.17, 15) is 0 Å². The fourth-order valence-corrected chi connectivity index (χ4v) is 1.15. The van der Waals surface area contributed by atoms with Crippen LogP contribution in [0.25, 0.3) is 0 Å². The number of aliphatic imine (C=N–C) groups is 1. The van der Waals surface area contributed by atoms with Gasteiger partial charge in [-0.3, -0.25) is 0 Å². The van der Waals surface area contributed by atoms with E-state index in [1.54, 1.807) is 0 Å². The molecule has 0 aromatic heterocycles. The lowest BCUT2D eigenvalue weighted by molar-refractivity contribution is 0.792. The maximum absolute atomic E-state index is 5.21. The van der Waals surface area contributed by atoms with Crippen molar-refractivity contribution in [1.82, 2.24) is 5.32 Å². The first-order chi connectivity index (χ1) is 6.36. The lowest BCUT2D eigenvalue weighted by Gasteiger charge is -2.01. The first-order valence-electron chi connectivity index (χ1n) is 4.34. The molecule has 0 aliphatic rings. The summed E-state index contributed by atoms with van der Waals surface area (Å²) in [4.78, 5) is 4.01. The third kappa shape index (κ3) is 3.25. The van der Waals surface area contributed by atoms with Crippen molar-refractivity contribution >= 4 is 12.0 Å². The summed E-state index contributed by atoms with van der Waals surface area (Å²) in [6, 6.07) is 8.06. The fourth-order valence-electron chi connectivity index (χ4n) is 1.15. The first kappa shape index (κ1) is 9.74. The highest BCUT2D eigenvalue weighted by Crippen LogP contribution is 2.13. The second kappa shape index (κ2) is 5.32. The third-order valence-electron chi connectivity index (χ3n) is 1.80. The summed E-state index contributed by atoms with van der Waals surface area (Å²) in [5, 5.41) is 3.10. The van der Waals surface area contributed by atoms with Crippen molar-refractivity contribution in [2.75, 3.05) is 13.6 Å². The van der Waals surface area contributed by atoms with E-state index in [-0.39, 0.29) is 0 Å². The molecule has 0 radical (unpaired) electrons. The second-order valence-corrected chi connectivity index (χ2v) is 2.80. The molecule has 1 aromatic carbocycles. The van der Waals surface area contributed by atoms with E-state index in [0.717, 1.165) is 18.7 Å². The molecule has 0 unspecified atom stereocenters. The van der Waals surface area contributed by atoms with Crippen LogP contribution in [0.4, 0.5) is 5.69 Å². The van der Waals surface area contributed by atoms with Gasteiger partial charge in [-0.2, -0.15) is 0 Å².